The van der Waals surface area contributed by atoms with Gasteiger partial charge >= 0.3 is 0 Å². The zero-order valence-corrected chi connectivity index (χ0v) is 12.2. The molecule has 0 radical (unpaired) electrons. The Kier molecular flexibility index (Phi) is 4.81. The Morgan fingerprint density at radius 1 is 1.19 bits per heavy atom. The van der Waals surface area contributed by atoms with Crippen molar-refractivity contribution in [2.45, 2.75) is 19.4 Å². The summed E-state index contributed by atoms with van der Waals surface area (Å²) in [6.07, 6.45) is 0.821. The smallest absolute Gasteiger partial charge is 0.132 e. The maximum absolute atomic E-state index is 9.05. The number of hydrogen-bond donors (Lipinski definition) is 1. The van der Waals surface area contributed by atoms with Gasteiger partial charge in [-0.1, -0.05) is 25.1 Å². The van der Waals surface area contributed by atoms with Crippen LogP contribution in [0.25, 0.3) is 0 Å². The number of nitrogens with zero attached hydrogens (tertiary/aromatic N) is 1. The van der Waals surface area contributed by atoms with Crippen LogP contribution in [-0.4, -0.2) is 7.11 Å². The summed E-state index contributed by atoms with van der Waals surface area (Å²) in [6, 6.07) is 14.8. The quantitative estimate of drug-likeness (QED) is 0.906. The number of rotatable bonds is 5. The lowest BCUT2D eigenvalue weighted by molar-refractivity contribution is 0.408. The highest BCUT2D eigenvalue weighted by molar-refractivity contribution is 5.47. The van der Waals surface area contributed by atoms with Crippen molar-refractivity contribution in [3.05, 3.63) is 53.6 Å². The summed E-state index contributed by atoms with van der Waals surface area (Å²) < 4.78 is 11.1. The van der Waals surface area contributed by atoms with Crippen molar-refractivity contribution >= 4 is 0 Å². The number of para-hydroxylation sites is 1. The molecular weight excluding hydrogens is 264 g/mol. The van der Waals surface area contributed by atoms with Crippen LogP contribution in [0.2, 0.25) is 0 Å². The Morgan fingerprint density at radius 2 is 1.90 bits per heavy atom. The Bertz CT molecular complexity index is 662. The van der Waals surface area contributed by atoms with E-state index in [1.807, 2.05) is 31.2 Å². The summed E-state index contributed by atoms with van der Waals surface area (Å²) in [4.78, 5) is 0. The highest BCUT2D eigenvalue weighted by atomic mass is 16.5. The Labute approximate surface area is 124 Å². The van der Waals surface area contributed by atoms with Crippen molar-refractivity contribution in [3.8, 4) is 23.3 Å². The number of benzene rings is 2. The molecule has 0 saturated heterocycles. The van der Waals surface area contributed by atoms with Crippen LogP contribution in [0, 0.1) is 11.3 Å². The Balaban J connectivity index is 2.37. The van der Waals surface area contributed by atoms with Crippen molar-refractivity contribution in [1.29, 1.82) is 5.26 Å². The monoisotopic (exact) mass is 282 g/mol. The molecule has 1 atom stereocenters. The second-order valence-corrected chi connectivity index (χ2v) is 4.66. The first-order chi connectivity index (χ1) is 10.2. The number of methoxy groups -OCH3 is 1. The van der Waals surface area contributed by atoms with E-state index in [4.69, 9.17) is 20.5 Å². The normalized spacial score (nSPS) is 11.5. The van der Waals surface area contributed by atoms with Crippen molar-refractivity contribution in [3.63, 3.8) is 0 Å². The third-order valence-electron chi connectivity index (χ3n) is 3.23. The molecule has 0 heterocycles. The number of nitrogens with two attached hydrogens (primary N) is 1. The fraction of sp³-hybridized carbons (Fsp3) is 0.235. The van der Waals surface area contributed by atoms with Gasteiger partial charge in [-0.15, -0.1) is 0 Å². The second kappa shape index (κ2) is 6.78. The lowest BCUT2D eigenvalue weighted by atomic mass is 10.0. The zero-order valence-electron chi connectivity index (χ0n) is 12.2. The summed E-state index contributed by atoms with van der Waals surface area (Å²) in [5.41, 5.74) is 7.54. The van der Waals surface area contributed by atoms with Crippen LogP contribution >= 0.6 is 0 Å². The van der Waals surface area contributed by atoms with Gasteiger partial charge < -0.3 is 15.2 Å². The molecule has 0 amide bonds. The number of hydrogen-bond acceptors (Lipinski definition) is 4. The van der Waals surface area contributed by atoms with Crippen molar-refractivity contribution in [2.75, 3.05) is 7.11 Å². The van der Waals surface area contributed by atoms with Crippen molar-refractivity contribution in [2.24, 2.45) is 5.73 Å². The maximum Gasteiger partial charge on any atom is 0.132 e. The van der Waals surface area contributed by atoms with E-state index < -0.39 is 0 Å². The lowest BCUT2D eigenvalue weighted by Gasteiger charge is -2.16. The molecule has 21 heavy (non-hydrogen) atoms. The van der Waals surface area contributed by atoms with Gasteiger partial charge in [0.25, 0.3) is 0 Å². The van der Waals surface area contributed by atoms with Crippen LogP contribution in [-0.2, 0) is 0 Å². The van der Waals surface area contributed by atoms with Gasteiger partial charge in [0.05, 0.1) is 18.7 Å². The fourth-order valence-electron chi connectivity index (χ4n) is 2.04. The minimum atomic E-state index is -0.0813. The highest BCUT2D eigenvalue weighted by Gasteiger charge is 2.11. The molecule has 0 saturated carbocycles. The average molecular weight is 282 g/mol. The van der Waals surface area contributed by atoms with E-state index in [2.05, 4.69) is 6.07 Å². The first-order valence-electron chi connectivity index (χ1n) is 6.79. The topological polar surface area (TPSA) is 68.3 Å². The summed E-state index contributed by atoms with van der Waals surface area (Å²) >= 11 is 0. The first-order valence-corrected chi connectivity index (χ1v) is 6.79. The van der Waals surface area contributed by atoms with Crippen LogP contribution < -0.4 is 15.2 Å². The molecule has 0 unspecified atom stereocenters. The highest BCUT2D eigenvalue weighted by Crippen LogP contribution is 2.32. The van der Waals surface area contributed by atoms with E-state index in [0.717, 1.165) is 12.0 Å². The summed E-state index contributed by atoms with van der Waals surface area (Å²) in [5.74, 6) is 1.84. The van der Waals surface area contributed by atoms with Crippen LogP contribution in [0.3, 0.4) is 0 Å². The molecule has 0 bridgehead atoms. The van der Waals surface area contributed by atoms with Gasteiger partial charge in [-0.3, -0.25) is 0 Å². The van der Waals surface area contributed by atoms with Gasteiger partial charge in [-0.25, -0.2) is 0 Å². The molecule has 2 aromatic carbocycles. The minimum absolute atomic E-state index is 0.0813. The first kappa shape index (κ1) is 14.9. The Hall–Kier alpha value is -2.51. The van der Waals surface area contributed by atoms with Gasteiger partial charge in [0.2, 0.25) is 0 Å². The molecule has 4 nitrogen and oxygen atoms in total. The molecule has 0 fully saturated rings. The molecule has 4 heteroatoms. The van der Waals surface area contributed by atoms with E-state index in [1.165, 1.54) is 0 Å². The van der Waals surface area contributed by atoms with E-state index in [1.54, 1.807) is 25.3 Å². The van der Waals surface area contributed by atoms with E-state index in [-0.39, 0.29) is 6.04 Å². The second-order valence-electron chi connectivity index (χ2n) is 4.66. The summed E-state index contributed by atoms with van der Waals surface area (Å²) in [6.45, 7) is 2.03. The molecule has 2 N–H and O–H groups in total. The fourth-order valence-corrected chi connectivity index (χ4v) is 2.04. The molecule has 0 aliphatic carbocycles. The molecule has 0 aromatic heterocycles. The third-order valence-corrected chi connectivity index (χ3v) is 3.23. The van der Waals surface area contributed by atoms with Crippen LogP contribution in [0.4, 0.5) is 0 Å². The maximum atomic E-state index is 9.05. The number of nitriles is 1. The molecular formula is C17H18N2O2. The van der Waals surface area contributed by atoms with Gasteiger partial charge in [-0.05, 0) is 24.6 Å². The van der Waals surface area contributed by atoms with Gasteiger partial charge in [0.15, 0.2) is 0 Å². The van der Waals surface area contributed by atoms with Crippen LogP contribution in [0.5, 0.6) is 17.2 Å². The van der Waals surface area contributed by atoms with Crippen LogP contribution in [0.1, 0.15) is 30.5 Å². The van der Waals surface area contributed by atoms with E-state index in [0.29, 0.717) is 22.8 Å². The minimum Gasteiger partial charge on any atom is -0.497 e. The van der Waals surface area contributed by atoms with Gasteiger partial charge in [0.1, 0.15) is 17.2 Å². The molecule has 2 aromatic rings. The lowest BCUT2D eigenvalue weighted by Crippen LogP contribution is -2.09. The number of ether oxygens (including phenoxy) is 2. The molecule has 0 spiro atoms. The van der Waals surface area contributed by atoms with E-state index in [9.17, 15) is 0 Å². The Morgan fingerprint density at radius 3 is 2.57 bits per heavy atom. The predicted molar refractivity (Wildman–Crippen MR) is 81.4 cm³/mol. The van der Waals surface area contributed by atoms with Crippen molar-refractivity contribution < 1.29 is 9.47 Å². The zero-order chi connectivity index (χ0) is 15.2. The predicted octanol–water partition coefficient (Wildman–Crippen LogP) is 3.77. The van der Waals surface area contributed by atoms with Crippen molar-refractivity contribution in [1.82, 2.24) is 0 Å². The average Bonchev–Trinajstić information content (AvgIpc) is 2.54. The third kappa shape index (κ3) is 3.53. The van der Waals surface area contributed by atoms with Gasteiger partial charge in [-0.2, -0.15) is 5.26 Å². The largest absolute Gasteiger partial charge is 0.497 e. The summed E-state index contributed by atoms with van der Waals surface area (Å²) in [7, 11) is 1.56. The standard InChI is InChI=1S/C17H18N2O2/c1-3-16(19)15-6-4-5-7-17(15)21-14-9-12(11-18)8-13(10-14)20-2/h4-10,16H,3,19H2,1-2H3/t16-/m1/s1. The molecule has 108 valence electrons. The van der Waals surface area contributed by atoms with Crippen LogP contribution in [0.15, 0.2) is 42.5 Å². The van der Waals surface area contributed by atoms with E-state index >= 15 is 0 Å². The summed E-state index contributed by atoms with van der Waals surface area (Å²) in [5, 5.41) is 9.05. The SMILES string of the molecule is CC[C@@H](N)c1ccccc1Oc1cc(C#N)cc(OC)c1. The molecule has 0 aliphatic heterocycles. The van der Waals surface area contributed by atoms with Gasteiger partial charge in [0, 0.05) is 17.7 Å². The molecule has 0 aliphatic rings. The molecule has 2 rings (SSSR count).